The molecular formula is C13H11N3O. The Morgan fingerprint density at radius 1 is 1.12 bits per heavy atom. The zero-order chi connectivity index (χ0) is 11.7. The lowest BCUT2D eigenvalue weighted by atomic mass is 10.2. The Hall–Kier alpha value is -2.49. The third-order valence-electron chi connectivity index (χ3n) is 2.51. The predicted molar refractivity (Wildman–Crippen MR) is 67.0 cm³/mol. The van der Waals surface area contributed by atoms with Crippen LogP contribution in [0, 0.1) is 0 Å². The van der Waals surface area contributed by atoms with Crippen molar-refractivity contribution in [1.29, 1.82) is 0 Å². The Morgan fingerprint density at radius 2 is 2.06 bits per heavy atom. The fraction of sp³-hybridized carbons (Fsp3) is 0. The van der Waals surface area contributed by atoms with Crippen LogP contribution in [-0.2, 0) is 0 Å². The molecule has 0 amide bonds. The van der Waals surface area contributed by atoms with Crippen LogP contribution in [0.1, 0.15) is 0 Å². The molecule has 84 valence electrons. The first-order valence-corrected chi connectivity index (χ1v) is 5.28. The van der Waals surface area contributed by atoms with Crippen LogP contribution in [0.3, 0.4) is 0 Å². The lowest BCUT2D eigenvalue weighted by Crippen LogP contribution is -1.90. The van der Waals surface area contributed by atoms with Gasteiger partial charge in [0, 0.05) is 23.8 Å². The first-order valence-electron chi connectivity index (χ1n) is 5.28. The number of benzene rings is 1. The molecule has 0 spiro atoms. The summed E-state index contributed by atoms with van der Waals surface area (Å²) in [6, 6.07) is 11.4. The van der Waals surface area contributed by atoms with Crippen LogP contribution in [0.2, 0.25) is 0 Å². The summed E-state index contributed by atoms with van der Waals surface area (Å²) in [6.45, 7) is 0. The number of hydrogen-bond donors (Lipinski definition) is 2. The quantitative estimate of drug-likeness (QED) is 0.704. The maximum atomic E-state index is 5.62. The van der Waals surface area contributed by atoms with Gasteiger partial charge < -0.3 is 15.5 Å². The van der Waals surface area contributed by atoms with E-state index in [0.717, 1.165) is 16.7 Å². The average molecular weight is 225 g/mol. The second-order valence-corrected chi connectivity index (χ2v) is 3.76. The number of ether oxygens (including phenoxy) is 1. The van der Waals surface area contributed by atoms with Crippen molar-refractivity contribution in [2.24, 2.45) is 0 Å². The van der Waals surface area contributed by atoms with Crippen molar-refractivity contribution >= 4 is 16.6 Å². The van der Waals surface area contributed by atoms with Gasteiger partial charge in [-0.05, 0) is 29.7 Å². The van der Waals surface area contributed by atoms with Gasteiger partial charge in [-0.1, -0.05) is 0 Å². The Balaban J connectivity index is 1.91. The molecule has 17 heavy (non-hydrogen) atoms. The number of nitrogens with two attached hydrogens (primary N) is 1. The van der Waals surface area contributed by atoms with Crippen molar-refractivity contribution in [1.82, 2.24) is 9.97 Å². The number of aromatic nitrogens is 2. The molecule has 0 radical (unpaired) electrons. The number of pyridine rings is 1. The summed E-state index contributed by atoms with van der Waals surface area (Å²) in [5.41, 5.74) is 7.22. The van der Waals surface area contributed by atoms with Gasteiger partial charge in [0.15, 0.2) is 0 Å². The summed E-state index contributed by atoms with van der Waals surface area (Å²) < 4.78 is 5.62. The number of aromatic amines is 1. The molecule has 2 heterocycles. The summed E-state index contributed by atoms with van der Waals surface area (Å²) >= 11 is 0. The average Bonchev–Trinajstić information content (AvgIpc) is 2.79. The van der Waals surface area contributed by atoms with Crippen LogP contribution < -0.4 is 10.5 Å². The summed E-state index contributed by atoms with van der Waals surface area (Å²) in [5.74, 6) is 1.28. The van der Waals surface area contributed by atoms with Crippen LogP contribution in [0.4, 0.5) is 5.69 Å². The van der Waals surface area contributed by atoms with E-state index in [9.17, 15) is 0 Å². The van der Waals surface area contributed by atoms with Crippen LogP contribution in [0.5, 0.6) is 11.6 Å². The number of fused-ring (bicyclic) bond motifs is 1. The van der Waals surface area contributed by atoms with Crippen LogP contribution in [0.15, 0.2) is 48.8 Å². The number of rotatable bonds is 2. The largest absolute Gasteiger partial charge is 0.439 e. The Morgan fingerprint density at radius 3 is 2.88 bits per heavy atom. The molecule has 0 saturated carbocycles. The van der Waals surface area contributed by atoms with E-state index < -0.39 is 0 Å². The standard InChI is InChI=1S/C13H11N3O/c14-10-2-4-13(16-8-10)17-11-3-1-9-5-6-15-12(9)7-11/h1-8,15H,14H2. The molecule has 3 aromatic rings. The van der Waals surface area contributed by atoms with Crippen molar-refractivity contribution in [2.45, 2.75) is 0 Å². The van der Waals surface area contributed by atoms with E-state index in [0.29, 0.717) is 11.6 Å². The van der Waals surface area contributed by atoms with Gasteiger partial charge in [-0.25, -0.2) is 4.98 Å². The Bertz CT molecular complexity index is 643. The number of nitrogens with one attached hydrogen (secondary N) is 1. The monoisotopic (exact) mass is 225 g/mol. The fourth-order valence-electron chi connectivity index (χ4n) is 1.66. The molecule has 0 saturated heterocycles. The second kappa shape index (κ2) is 3.83. The maximum Gasteiger partial charge on any atom is 0.219 e. The van der Waals surface area contributed by atoms with Crippen LogP contribution >= 0.6 is 0 Å². The molecule has 4 nitrogen and oxygen atoms in total. The molecule has 0 aliphatic heterocycles. The molecule has 0 unspecified atom stereocenters. The van der Waals surface area contributed by atoms with E-state index in [1.54, 1.807) is 18.3 Å². The highest BCUT2D eigenvalue weighted by Crippen LogP contribution is 2.23. The van der Waals surface area contributed by atoms with E-state index in [1.807, 2.05) is 30.5 Å². The minimum absolute atomic E-state index is 0.533. The molecule has 0 fully saturated rings. The lowest BCUT2D eigenvalue weighted by Gasteiger charge is -2.04. The first kappa shape index (κ1) is 9.72. The fourth-order valence-corrected chi connectivity index (χ4v) is 1.66. The minimum Gasteiger partial charge on any atom is -0.439 e. The van der Waals surface area contributed by atoms with Gasteiger partial charge >= 0.3 is 0 Å². The maximum absolute atomic E-state index is 5.62. The molecule has 4 heteroatoms. The summed E-state index contributed by atoms with van der Waals surface area (Å²) in [6.07, 6.45) is 3.47. The molecule has 0 aliphatic carbocycles. The highest BCUT2D eigenvalue weighted by atomic mass is 16.5. The van der Waals surface area contributed by atoms with E-state index >= 15 is 0 Å². The third kappa shape index (κ3) is 1.92. The van der Waals surface area contributed by atoms with Gasteiger partial charge in [0.2, 0.25) is 5.88 Å². The summed E-state index contributed by atoms with van der Waals surface area (Å²) in [7, 11) is 0. The van der Waals surface area contributed by atoms with Gasteiger partial charge in [0.05, 0.1) is 11.9 Å². The normalized spacial score (nSPS) is 10.6. The number of H-pyrrole nitrogens is 1. The zero-order valence-electron chi connectivity index (χ0n) is 9.05. The molecular weight excluding hydrogens is 214 g/mol. The van der Waals surface area contributed by atoms with Crippen molar-refractivity contribution in [3.63, 3.8) is 0 Å². The molecule has 3 N–H and O–H groups in total. The van der Waals surface area contributed by atoms with E-state index in [2.05, 4.69) is 9.97 Å². The van der Waals surface area contributed by atoms with Crippen molar-refractivity contribution < 1.29 is 4.74 Å². The van der Waals surface area contributed by atoms with Crippen molar-refractivity contribution in [3.8, 4) is 11.6 Å². The smallest absolute Gasteiger partial charge is 0.219 e. The second-order valence-electron chi connectivity index (χ2n) is 3.76. The van der Waals surface area contributed by atoms with Gasteiger partial charge in [-0.3, -0.25) is 0 Å². The van der Waals surface area contributed by atoms with E-state index in [1.165, 1.54) is 0 Å². The molecule has 0 bridgehead atoms. The van der Waals surface area contributed by atoms with Gasteiger partial charge in [-0.15, -0.1) is 0 Å². The molecule has 2 aromatic heterocycles. The van der Waals surface area contributed by atoms with Crippen LogP contribution in [0.25, 0.3) is 10.9 Å². The Labute approximate surface area is 98.1 Å². The van der Waals surface area contributed by atoms with Gasteiger partial charge in [0.1, 0.15) is 5.75 Å². The molecule has 0 atom stereocenters. The van der Waals surface area contributed by atoms with Crippen molar-refractivity contribution in [2.75, 3.05) is 5.73 Å². The zero-order valence-corrected chi connectivity index (χ0v) is 9.05. The van der Waals surface area contributed by atoms with Crippen LogP contribution in [-0.4, -0.2) is 9.97 Å². The lowest BCUT2D eigenvalue weighted by molar-refractivity contribution is 0.464. The number of nitrogen functional groups attached to an aromatic ring is 1. The molecule has 1 aromatic carbocycles. The summed E-state index contributed by atoms with van der Waals surface area (Å²) in [4.78, 5) is 7.22. The van der Waals surface area contributed by atoms with E-state index in [4.69, 9.17) is 10.5 Å². The SMILES string of the molecule is Nc1ccc(Oc2ccc3cc[nH]c3c2)nc1. The third-order valence-corrected chi connectivity index (χ3v) is 2.51. The van der Waals surface area contributed by atoms with Gasteiger partial charge in [-0.2, -0.15) is 0 Å². The van der Waals surface area contributed by atoms with Gasteiger partial charge in [0.25, 0.3) is 0 Å². The van der Waals surface area contributed by atoms with Crippen molar-refractivity contribution in [3.05, 3.63) is 48.8 Å². The highest BCUT2D eigenvalue weighted by molar-refractivity contribution is 5.80. The highest BCUT2D eigenvalue weighted by Gasteiger charge is 2.00. The Kier molecular flexibility index (Phi) is 2.19. The predicted octanol–water partition coefficient (Wildman–Crippen LogP) is 2.94. The number of anilines is 1. The molecule has 3 rings (SSSR count). The summed E-state index contributed by atoms with van der Waals surface area (Å²) in [5, 5.41) is 1.16. The number of hydrogen-bond acceptors (Lipinski definition) is 3. The topological polar surface area (TPSA) is 63.9 Å². The first-order chi connectivity index (χ1) is 8.31. The minimum atomic E-state index is 0.533. The molecule has 0 aliphatic rings. The van der Waals surface area contributed by atoms with E-state index in [-0.39, 0.29) is 0 Å². The number of nitrogens with zero attached hydrogens (tertiary/aromatic N) is 1.